The maximum absolute atomic E-state index is 12.3. The van der Waals surface area contributed by atoms with Gasteiger partial charge in [0.1, 0.15) is 5.82 Å². The van der Waals surface area contributed by atoms with Crippen molar-refractivity contribution in [1.29, 1.82) is 0 Å². The van der Waals surface area contributed by atoms with Gasteiger partial charge in [-0.25, -0.2) is 17.7 Å². The minimum absolute atomic E-state index is 0. The van der Waals surface area contributed by atoms with Gasteiger partial charge in [0, 0.05) is 46.1 Å². The molecule has 1 aliphatic heterocycles. The summed E-state index contributed by atoms with van der Waals surface area (Å²) in [7, 11) is -0.488. The van der Waals surface area contributed by atoms with E-state index in [0.717, 1.165) is 30.9 Å². The molecular formula is C18H28ClN5O3S. The van der Waals surface area contributed by atoms with Gasteiger partial charge in [0.25, 0.3) is 0 Å². The lowest BCUT2D eigenvalue weighted by Crippen LogP contribution is -2.36. The molecule has 0 saturated carbocycles. The normalized spacial score (nSPS) is 17.1. The largest absolute Gasteiger partial charge is 0.352 e. The molecule has 156 valence electrons. The van der Waals surface area contributed by atoms with Crippen LogP contribution in [0.1, 0.15) is 25.6 Å². The van der Waals surface area contributed by atoms with Crippen molar-refractivity contribution in [2.24, 2.45) is 0 Å². The number of aromatic nitrogens is 2. The molecular weight excluding hydrogens is 402 g/mol. The van der Waals surface area contributed by atoms with Crippen LogP contribution in [0.4, 0.5) is 0 Å². The van der Waals surface area contributed by atoms with Crippen LogP contribution in [0.3, 0.4) is 0 Å². The van der Waals surface area contributed by atoms with Crippen molar-refractivity contribution in [2.45, 2.75) is 43.7 Å². The van der Waals surface area contributed by atoms with Crippen LogP contribution in [0.5, 0.6) is 0 Å². The van der Waals surface area contributed by atoms with Gasteiger partial charge < -0.3 is 15.2 Å². The highest BCUT2D eigenvalue weighted by atomic mass is 35.5. The van der Waals surface area contributed by atoms with Gasteiger partial charge in [-0.05, 0) is 38.1 Å². The minimum Gasteiger partial charge on any atom is -0.352 e. The van der Waals surface area contributed by atoms with Crippen molar-refractivity contribution in [3.63, 3.8) is 0 Å². The number of hydrogen-bond acceptors (Lipinski definition) is 5. The molecule has 0 bridgehead atoms. The van der Waals surface area contributed by atoms with Crippen LogP contribution >= 0.6 is 12.4 Å². The number of rotatable bonds is 7. The van der Waals surface area contributed by atoms with Gasteiger partial charge >= 0.3 is 0 Å². The van der Waals surface area contributed by atoms with Crippen molar-refractivity contribution >= 4 is 39.4 Å². The van der Waals surface area contributed by atoms with Crippen LogP contribution in [0.25, 0.3) is 11.0 Å². The second-order valence-corrected chi connectivity index (χ2v) is 9.12. The van der Waals surface area contributed by atoms with Crippen molar-refractivity contribution in [3.8, 4) is 0 Å². The Balaban J connectivity index is 0.00000280. The molecule has 1 saturated heterocycles. The third kappa shape index (κ3) is 4.65. The Morgan fingerprint density at radius 3 is 2.75 bits per heavy atom. The molecule has 1 fully saturated rings. The predicted molar refractivity (Wildman–Crippen MR) is 111 cm³/mol. The average Bonchev–Trinajstić information content (AvgIpc) is 3.25. The van der Waals surface area contributed by atoms with Crippen LogP contribution in [-0.2, 0) is 27.8 Å². The fraction of sp³-hybridized carbons (Fsp3) is 0.556. The standard InChI is InChI=1S/C18H27N5O3S.ClH/c1-4-23-16-6-5-14(27(25,26)22(2)3)11-15(16)21-17(23)7-8-18(24)20-13-9-10-19-12-13;/h5-6,11,13,19H,4,7-10,12H2,1-3H3,(H,20,24);1H. The van der Waals surface area contributed by atoms with Gasteiger partial charge in [0.05, 0.1) is 15.9 Å². The molecule has 10 heteroatoms. The van der Waals surface area contributed by atoms with E-state index in [1.54, 1.807) is 18.2 Å². The Labute approximate surface area is 172 Å². The van der Waals surface area contributed by atoms with Gasteiger partial charge in [0.2, 0.25) is 15.9 Å². The van der Waals surface area contributed by atoms with Crippen LogP contribution in [0, 0.1) is 0 Å². The summed E-state index contributed by atoms with van der Waals surface area (Å²) in [4.78, 5) is 17.0. The maximum Gasteiger partial charge on any atom is 0.242 e. The Morgan fingerprint density at radius 1 is 1.39 bits per heavy atom. The monoisotopic (exact) mass is 429 g/mol. The second-order valence-electron chi connectivity index (χ2n) is 6.97. The highest BCUT2D eigenvalue weighted by Gasteiger charge is 2.20. The maximum atomic E-state index is 12.3. The molecule has 0 aliphatic carbocycles. The van der Waals surface area contributed by atoms with E-state index in [1.165, 1.54) is 18.4 Å². The Kier molecular flexibility index (Phi) is 7.44. The predicted octanol–water partition coefficient (Wildman–Crippen LogP) is 1.14. The van der Waals surface area contributed by atoms with Gasteiger partial charge in [-0.1, -0.05) is 0 Å². The number of amides is 1. The Bertz CT molecular complexity index is 936. The molecule has 2 N–H and O–H groups in total. The third-order valence-electron chi connectivity index (χ3n) is 4.89. The van der Waals surface area contributed by atoms with Crippen LogP contribution in [0.2, 0.25) is 0 Å². The Morgan fingerprint density at radius 2 is 2.14 bits per heavy atom. The van der Waals surface area contributed by atoms with E-state index in [9.17, 15) is 13.2 Å². The summed E-state index contributed by atoms with van der Waals surface area (Å²) in [6.07, 6.45) is 1.84. The lowest BCUT2D eigenvalue weighted by atomic mass is 10.2. The van der Waals surface area contributed by atoms with E-state index < -0.39 is 10.0 Å². The lowest BCUT2D eigenvalue weighted by molar-refractivity contribution is -0.121. The molecule has 2 aromatic rings. The number of imidazole rings is 1. The fourth-order valence-corrected chi connectivity index (χ4v) is 4.30. The summed E-state index contributed by atoms with van der Waals surface area (Å²) in [5.74, 6) is 0.820. The zero-order chi connectivity index (χ0) is 19.6. The van der Waals surface area contributed by atoms with Crippen molar-refractivity contribution in [2.75, 3.05) is 27.2 Å². The molecule has 1 atom stereocenters. The number of benzene rings is 1. The molecule has 0 spiro atoms. The number of halogens is 1. The first-order valence-electron chi connectivity index (χ1n) is 9.24. The topological polar surface area (TPSA) is 96.3 Å². The summed E-state index contributed by atoms with van der Waals surface area (Å²) in [5, 5.41) is 6.27. The molecule has 2 heterocycles. The van der Waals surface area contributed by atoms with Crippen LogP contribution in [0.15, 0.2) is 23.1 Å². The number of fused-ring (bicyclic) bond motifs is 1. The second kappa shape index (κ2) is 9.21. The molecule has 0 radical (unpaired) electrons. The van der Waals surface area contributed by atoms with E-state index in [4.69, 9.17) is 0 Å². The van der Waals surface area contributed by atoms with Gasteiger partial charge in [-0.15, -0.1) is 12.4 Å². The number of hydrogen-bond donors (Lipinski definition) is 2. The van der Waals surface area contributed by atoms with Crippen molar-refractivity contribution in [3.05, 3.63) is 24.0 Å². The van der Waals surface area contributed by atoms with Crippen molar-refractivity contribution < 1.29 is 13.2 Å². The quantitative estimate of drug-likeness (QED) is 0.688. The zero-order valence-electron chi connectivity index (χ0n) is 16.4. The van der Waals surface area contributed by atoms with Crippen LogP contribution < -0.4 is 10.6 Å². The van der Waals surface area contributed by atoms with E-state index in [2.05, 4.69) is 15.6 Å². The van der Waals surface area contributed by atoms with Crippen LogP contribution in [-0.4, -0.2) is 61.4 Å². The van der Waals surface area contributed by atoms with E-state index >= 15 is 0 Å². The van der Waals surface area contributed by atoms with Gasteiger partial charge in [-0.2, -0.15) is 0 Å². The molecule has 3 rings (SSSR count). The first kappa shape index (κ1) is 22.6. The summed E-state index contributed by atoms with van der Waals surface area (Å²) in [6, 6.07) is 5.21. The molecule has 1 aliphatic rings. The number of nitrogens with one attached hydrogen (secondary N) is 2. The SMILES string of the molecule is CCn1c(CCC(=O)NC2CCNC2)nc2cc(S(=O)(=O)N(C)C)ccc21.Cl. The molecule has 1 unspecified atom stereocenters. The molecule has 28 heavy (non-hydrogen) atoms. The van der Waals surface area contributed by atoms with Gasteiger partial charge in [0.15, 0.2) is 0 Å². The lowest BCUT2D eigenvalue weighted by Gasteiger charge is -2.12. The van der Waals surface area contributed by atoms with Gasteiger partial charge in [-0.3, -0.25) is 4.79 Å². The number of carbonyl (C=O) groups is 1. The summed E-state index contributed by atoms with van der Waals surface area (Å²) < 4.78 is 27.9. The highest BCUT2D eigenvalue weighted by molar-refractivity contribution is 7.89. The number of sulfonamides is 1. The van der Waals surface area contributed by atoms with Crippen molar-refractivity contribution in [1.82, 2.24) is 24.5 Å². The summed E-state index contributed by atoms with van der Waals surface area (Å²) in [5.41, 5.74) is 1.51. The Hall–Kier alpha value is -1.68. The van der Waals surface area contributed by atoms with E-state index in [1.807, 2.05) is 11.5 Å². The first-order chi connectivity index (χ1) is 12.8. The minimum atomic E-state index is -3.50. The molecule has 1 amide bonds. The number of aryl methyl sites for hydroxylation is 2. The van der Waals surface area contributed by atoms with E-state index in [-0.39, 0.29) is 29.3 Å². The summed E-state index contributed by atoms with van der Waals surface area (Å²) in [6.45, 7) is 4.48. The zero-order valence-corrected chi connectivity index (χ0v) is 18.1. The first-order valence-corrected chi connectivity index (χ1v) is 10.7. The number of nitrogens with zero attached hydrogens (tertiary/aromatic N) is 3. The van der Waals surface area contributed by atoms with E-state index in [0.29, 0.717) is 24.9 Å². The summed E-state index contributed by atoms with van der Waals surface area (Å²) >= 11 is 0. The smallest absolute Gasteiger partial charge is 0.242 e. The average molecular weight is 430 g/mol. The molecule has 8 nitrogen and oxygen atoms in total. The molecule has 1 aromatic carbocycles. The third-order valence-corrected chi connectivity index (χ3v) is 6.71. The highest BCUT2D eigenvalue weighted by Crippen LogP contribution is 2.22. The molecule has 1 aromatic heterocycles. The fourth-order valence-electron chi connectivity index (χ4n) is 3.38. The number of carbonyl (C=O) groups excluding carboxylic acids is 1.